The highest BCUT2D eigenvalue weighted by Crippen LogP contribution is 2.19. The van der Waals surface area contributed by atoms with Gasteiger partial charge in [-0.1, -0.05) is 25.4 Å². The maximum Gasteiger partial charge on any atom is 0.244 e. The second-order valence-corrected chi connectivity index (χ2v) is 6.88. The predicted molar refractivity (Wildman–Crippen MR) is 76.9 cm³/mol. The SMILES string of the molecule is CC(C)CNC(=O)C(C)NS(=O)(=O)c1cnccc1Cl. The van der Waals surface area contributed by atoms with Crippen LogP contribution in [0.4, 0.5) is 0 Å². The molecule has 1 heterocycles. The summed E-state index contributed by atoms with van der Waals surface area (Å²) in [6.45, 7) is 5.85. The van der Waals surface area contributed by atoms with Gasteiger partial charge >= 0.3 is 0 Å². The number of nitrogens with zero attached hydrogens (tertiary/aromatic N) is 1. The number of aromatic nitrogens is 1. The molecule has 1 aromatic heterocycles. The number of hydrogen-bond acceptors (Lipinski definition) is 4. The van der Waals surface area contributed by atoms with E-state index in [1.54, 1.807) is 0 Å². The van der Waals surface area contributed by atoms with Gasteiger partial charge in [0.1, 0.15) is 4.90 Å². The Morgan fingerprint density at radius 1 is 1.40 bits per heavy atom. The van der Waals surface area contributed by atoms with Crippen LogP contribution in [0.25, 0.3) is 0 Å². The zero-order chi connectivity index (χ0) is 15.3. The molecule has 0 aliphatic carbocycles. The molecule has 0 saturated carbocycles. The van der Waals surface area contributed by atoms with E-state index in [0.29, 0.717) is 6.54 Å². The first-order valence-electron chi connectivity index (χ1n) is 6.13. The van der Waals surface area contributed by atoms with E-state index < -0.39 is 16.1 Å². The van der Waals surface area contributed by atoms with E-state index in [9.17, 15) is 13.2 Å². The van der Waals surface area contributed by atoms with E-state index in [1.165, 1.54) is 19.2 Å². The number of nitrogens with one attached hydrogen (secondary N) is 2. The second kappa shape index (κ2) is 7.01. The van der Waals surface area contributed by atoms with Crippen molar-refractivity contribution < 1.29 is 13.2 Å². The van der Waals surface area contributed by atoms with E-state index in [1.807, 2.05) is 13.8 Å². The molecule has 6 nitrogen and oxygen atoms in total. The summed E-state index contributed by atoms with van der Waals surface area (Å²) in [7, 11) is -3.88. The summed E-state index contributed by atoms with van der Waals surface area (Å²) >= 11 is 5.81. The molecule has 0 aromatic carbocycles. The Morgan fingerprint density at radius 3 is 2.60 bits per heavy atom. The van der Waals surface area contributed by atoms with Crippen molar-refractivity contribution in [1.29, 1.82) is 0 Å². The van der Waals surface area contributed by atoms with E-state index >= 15 is 0 Å². The van der Waals surface area contributed by atoms with Crippen molar-refractivity contribution in [1.82, 2.24) is 15.0 Å². The van der Waals surface area contributed by atoms with Crippen molar-refractivity contribution in [3.8, 4) is 0 Å². The van der Waals surface area contributed by atoms with Crippen molar-refractivity contribution in [3.63, 3.8) is 0 Å². The van der Waals surface area contributed by atoms with Crippen LogP contribution in [0, 0.1) is 5.92 Å². The molecular weight excluding hydrogens is 302 g/mol. The largest absolute Gasteiger partial charge is 0.354 e. The predicted octanol–water partition coefficient (Wildman–Crippen LogP) is 1.17. The highest BCUT2D eigenvalue weighted by molar-refractivity contribution is 7.89. The van der Waals surface area contributed by atoms with Gasteiger partial charge in [-0.25, -0.2) is 8.42 Å². The van der Waals surface area contributed by atoms with Gasteiger partial charge in [0.05, 0.1) is 11.1 Å². The Morgan fingerprint density at radius 2 is 2.05 bits per heavy atom. The number of amides is 1. The van der Waals surface area contributed by atoms with Gasteiger partial charge in [0.2, 0.25) is 15.9 Å². The molecule has 0 bridgehead atoms. The topological polar surface area (TPSA) is 88.2 Å². The van der Waals surface area contributed by atoms with E-state index in [-0.39, 0.29) is 21.7 Å². The average molecular weight is 320 g/mol. The lowest BCUT2D eigenvalue weighted by atomic mass is 10.2. The molecule has 0 fully saturated rings. The van der Waals surface area contributed by atoms with Crippen molar-refractivity contribution in [2.45, 2.75) is 31.7 Å². The van der Waals surface area contributed by atoms with Crippen LogP contribution in [0.15, 0.2) is 23.4 Å². The first-order valence-corrected chi connectivity index (χ1v) is 7.99. The van der Waals surface area contributed by atoms with E-state index in [4.69, 9.17) is 11.6 Å². The molecule has 1 unspecified atom stereocenters. The van der Waals surface area contributed by atoms with Crippen LogP contribution >= 0.6 is 11.6 Å². The number of halogens is 1. The average Bonchev–Trinajstić information content (AvgIpc) is 2.35. The molecule has 8 heteroatoms. The fourth-order valence-corrected chi connectivity index (χ4v) is 3.00. The lowest BCUT2D eigenvalue weighted by Gasteiger charge is -2.15. The monoisotopic (exact) mass is 319 g/mol. The second-order valence-electron chi connectivity index (χ2n) is 4.79. The Hall–Kier alpha value is -1.18. The van der Waals surface area contributed by atoms with Crippen LogP contribution in [-0.2, 0) is 14.8 Å². The van der Waals surface area contributed by atoms with Crippen molar-refractivity contribution in [2.75, 3.05) is 6.54 Å². The molecule has 1 atom stereocenters. The van der Waals surface area contributed by atoms with Crippen molar-refractivity contribution >= 4 is 27.5 Å². The summed E-state index contributed by atoms with van der Waals surface area (Å²) in [5.74, 6) is -0.0992. The minimum absolute atomic E-state index is 0.0577. The first kappa shape index (κ1) is 16.9. The van der Waals surface area contributed by atoms with Crippen LogP contribution in [0.2, 0.25) is 5.02 Å². The summed E-state index contributed by atoms with van der Waals surface area (Å²) in [4.78, 5) is 15.3. The quantitative estimate of drug-likeness (QED) is 0.824. The van der Waals surface area contributed by atoms with Crippen molar-refractivity contribution in [3.05, 3.63) is 23.5 Å². The van der Waals surface area contributed by atoms with E-state index in [2.05, 4.69) is 15.0 Å². The number of carbonyl (C=O) groups excluding carboxylic acids is 1. The number of sulfonamides is 1. The van der Waals surface area contributed by atoms with Crippen LogP contribution in [0.5, 0.6) is 0 Å². The molecule has 0 aliphatic rings. The molecule has 1 amide bonds. The number of rotatable bonds is 6. The third-order valence-electron chi connectivity index (χ3n) is 2.43. The highest BCUT2D eigenvalue weighted by Gasteiger charge is 2.24. The molecule has 2 N–H and O–H groups in total. The fourth-order valence-electron chi connectivity index (χ4n) is 1.37. The summed E-state index contributed by atoms with van der Waals surface area (Å²) in [6, 6.07) is 0.481. The summed E-state index contributed by atoms with van der Waals surface area (Å²) in [6.07, 6.45) is 2.53. The van der Waals surface area contributed by atoms with Gasteiger partial charge in [-0.05, 0) is 18.9 Å². The lowest BCUT2D eigenvalue weighted by molar-refractivity contribution is -0.122. The standard InChI is InChI=1S/C12H18ClN3O3S/c1-8(2)6-15-12(17)9(3)16-20(18,19)11-7-14-5-4-10(11)13/h4-5,7-9,16H,6H2,1-3H3,(H,15,17). The maximum absolute atomic E-state index is 12.1. The molecule has 1 aromatic rings. The van der Waals surface area contributed by atoms with Crippen LogP contribution in [0.1, 0.15) is 20.8 Å². The normalized spacial score (nSPS) is 13.2. The lowest BCUT2D eigenvalue weighted by Crippen LogP contribution is -2.45. The van der Waals surface area contributed by atoms with Crippen molar-refractivity contribution in [2.24, 2.45) is 5.92 Å². The molecule has 0 radical (unpaired) electrons. The number of pyridine rings is 1. The van der Waals surface area contributed by atoms with Crippen LogP contribution in [0.3, 0.4) is 0 Å². The smallest absolute Gasteiger partial charge is 0.244 e. The summed E-state index contributed by atoms with van der Waals surface area (Å²) in [5.41, 5.74) is 0. The van der Waals surface area contributed by atoms with Crippen LogP contribution in [-0.4, -0.2) is 31.9 Å². The molecule has 1 rings (SSSR count). The number of carbonyl (C=O) groups is 1. The minimum atomic E-state index is -3.88. The Bertz CT molecular complexity index is 575. The molecule has 0 spiro atoms. The zero-order valence-electron chi connectivity index (χ0n) is 11.6. The molecule has 20 heavy (non-hydrogen) atoms. The summed E-state index contributed by atoms with van der Waals surface area (Å²) in [5, 5.41) is 2.71. The van der Waals surface area contributed by atoms with Gasteiger partial charge in [-0.15, -0.1) is 0 Å². The third kappa shape index (κ3) is 4.73. The van der Waals surface area contributed by atoms with Gasteiger partial charge in [-0.2, -0.15) is 4.72 Å². The maximum atomic E-state index is 12.1. The molecule has 0 saturated heterocycles. The molecular formula is C12H18ClN3O3S. The van der Waals surface area contributed by atoms with Gasteiger partial charge in [0.15, 0.2) is 0 Å². The molecule has 0 aliphatic heterocycles. The van der Waals surface area contributed by atoms with E-state index in [0.717, 1.165) is 6.20 Å². The molecule has 112 valence electrons. The minimum Gasteiger partial charge on any atom is -0.354 e. The highest BCUT2D eigenvalue weighted by atomic mass is 35.5. The van der Waals surface area contributed by atoms with Gasteiger partial charge in [0.25, 0.3) is 0 Å². The first-order chi connectivity index (χ1) is 9.24. The number of hydrogen-bond donors (Lipinski definition) is 2. The fraction of sp³-hybridized carbons (Fsp3) is 0.500. The Kier molecular flexibility index (Phi) is 5.91. The zero-order valence-corrected chi connectivity index (χ0v) is 13.1. The van der Waals surface area contributed by atoms with Crippen LogP contribution < -0.4 is 10.0 Å². The van der Waals surface area contributed by atoms with Gasteiger partial charge in [-0.3, -0.25) is 9.78 Å². The Balaban J connectivity index is 2.77. The summed E-state index contributed by atoms with van der Waals surface area (Å²) < 4.78 is 26.5. The van der Waals surface area contributed by atoms with Gasteiger partial charge < -0.3 is 5.32 Å². The Labute approximate surface area is 124 Å². The van der Waals surface area contributed by atoms with Gasteiger partial charge in [0, 0.05) is 18.9 Å². The third-order valence-corrected chi connectivity index (χ3v) is 4.44.